The first-order valence-electron chi connectivity index (χ1n) is 12.9. The lowest BCUT2D eigenvalue weighted by molar-refractivity contribution is 1.54. The van der Waals surface area contributed by atoms with Crippen molar-refractivity contribution < 1.29 is 1.43 Å². The van der Waals surface area contributed by atoms with Gasteiger partial charge < -0.3 is 4.98 Å². The van der Waals surface area contributed by atoms with Gasteiger partial charge in [0, 0.05) is 43.4 Å². The van der Waals surface area contributed by atoms with Crippen molar-refractivity contribution in [3.8, 4) is 33.4 Å². The highest BCUT2D eigenvalue weighted by Crippen LogP contribution is 2.38. The van der Waals surface area contributed by atoms with E-state index in [9.17, 15) is 0 Å². The number of H-pyrrole nitrogens is 1. The van der Waals surface area contributed by atoms with E-state index in [4.69, 9.17) is 0 Å². The minimum Gasteiger partial charge on any atom is -0.355 e. The van der Waals surface area contributed by atoms with Crippen molar-refractivity contribution in [3.05, 3.63) is 133 Å². The molecule has 0 aliphatic carbocycles. The number of aromatic nitrogens is 1. The van der Waals surface area contributed by atoms with Crippen LogP contribution in [0.25, 0.3) is 75.4 Å². The number of fused-ring (bicyclic) bond motifs is 6. The van der Waals surface area contributed by atoms with Crippen molar-refractivity contribution in [1.29, 1.82) is 0 Å². The van der Waals surface area contributed by atoms with Gasteiger partial charge >= 0.3 is 0 Å². The van der Waals surface area contributed by atoms with E-state index in [1.807, 2.05) is 11.3 Å². The first kappa shape index (κ1) is 21.4. The molecule has 1 nitrogen and oxygen atoms in total. The molecule has 0 fully saturated rings. The smallest absolute Gasteiger partial charge is 0.0465 e. The maximum atomic E-state index is 3.62. The molecule has 38 heavy (non-hydrogen) atoms. The first-order chi connectivity index (χ1) is 18.8. The largest absolute Gasteiger partial charge is 0.355 e. The molecule has 6 aromatic carbocycles. The van der Waals surface area contributed by atoms with E-state index in [0.29, 0.717) is 0 Å². The third-order valence-electron chi connectivity index (χ3n) is 7.63. The molecule has 0 radical (unpaired) electrons. The average molecular weight is 504 g/mol. The van der Waals surface area contributed by atoms with Gasteiger partial charge in [0.05, 0.1) is 0 Å². The quantitative estimate of drug-likeness (QED) is 0.247. The lowest BCUT2D eigenvalue weighted by atomic mass is 9.98. The highest BCUT2D eigenvalue weighted by atomic mass is 32.1. The molecule has 0 atom stereocenters. The number of benzene rings is 6. The molecule has 0 spiro atoms. The highest BCUT2D eigenvalue weighted by Gasteiger charge is 2.11. The van der Waals surface area contributed by atoms with Crippen LogP contribution < -0.4 is 0 Å². The van der Waals surface area contributed by atoms with E-state index in [1.165, 1.54) is 75.4 Å². The number of hydrogen-bond donors (Lipinski definition) is 1. The predicted octanol–water partition coefficient (Wildman–Crippen LogP) is 10.9. The van der Waals surface area contributed by atoms with E-state index in [-0.39, 0.29) is 1.43 Å². The van der Waals surface area contributed by atoms with Crippen LogP contribution in [0.3, 0.4) is 0 Å². The van der Waals surface area contributed by atoms with E-state index >= 15 is 0 Å². The molecule has 2 aromatic heterocycles. The number of rotatable bonds is 3. The third kappa shape index (κ3) is 3.46. The van der Waals surface area contributed by atoms with E-state index in [0.717, 1.165) is 0 Å². The molecular weight excluding hydrogens is 478 g/mol. The van der Waals surface area contributed by atoms with Crippen LogP contribution in [0.5, 0.6) is 0 Å². The van der Waals surface area contributed by atoms with Crippen molar-refractivity contribution in [3.63, 3.8) is 0 Å². The Morgan fingerprint density at radius 3 is 1.55 bits per heavy atom. The van der Waals surface area contributed by atoms with Gasteiger partial charge in [0.2, 0.25) is 0 Å². The zero-order valence-corrected chi connectivity index (χ0v) is 21.4. The van der Waals surface area contributed by atoms with E-state index in [1.54, 1.807) is 0 Å². The first-order valence-corrected chi connectivity index (χ1v) is 13.7. The summed E-state index contributed by atoms with van der Waals surface area (Å²) in [6, 6.07) is 48.5. The Morgan fingerprint density at radius 2 is 0.842 bits per heavy atom. The molecule has 0 amide bonds. The number of thiophene rings is 1. The summed E-state index contributed by atoms with van der Waals surface area (Å²) in [4.78, 5) is 3.62. The SMILES string of the molecule is [HH].c1ccc(-c2ccc(-c3ccc4[nH]c5ccc(-c6ccc7sc8ccccc8c7c6)cc5c4c3)cc2)cc1. The second kappa shape index (κ2) is 8.44. The van der Waals surface area contributed by atoms with Crippen molar-refractivity contribution in [1.82, 2.24) is 4.98 Å². The maximum absolute atomic E-state index is 3.62. The van der Waals surface area contributed by atoms with Gasteiger partial charge in [0.25, 0.3) is 0 Å². The molecule has 8 aromatic rings. The van der Waals surface area contributed by atoms with Crippen LogP contribution in [0.1, 0.15) is 1.43 Å². The Labute approximate surface area is 226 Å². The molecule has 0 aliphatic heterocycles. The summed E-state index contributed by atoms with van der Waals surface area (Å²) in [7, 11) is 0. The molecule has 2 heterocycles. The van der Waals surface area contributed by atoms with Crippen LogP contribution in [0.2, 0.25) is 0 Å². The molecule has 2 heteroatoms. The van der Waals surface area contributed by atoms with Crippen LogP contribution in [0.15, 0.2) is 133 Å². The third-order valence-corrected chi connectivity index (χ3v) is 8.79. The number of nitrogens with one attached hydrogen (secondary N) is 1. The van der Waals surface area contributed by atoms with E-state index in [2.05, 4.69) is 138 Å². The lowest BCUT2D eigenvalue weighted by Crippen LogP contribution is -1.81. The van der Waals surface area contributed by atoms with Gasteiger partial charge in [0.1, 0.15) is 0 Å². The Kier molecular flexibility index (Phi) is 4.76. The molecule has 0 bridgehead atoms. The van der Waals surface area contributed by atoms with E-state index < -0.39 is 0 Å². The van der Waals surface area contributed by atoms with Gasteiger partial charge in [-0.2, -0.15) is 0 Å². The van der Waals surface area contributed by atoms with Gasteiger partial charge in [-0.1, -0.05) is 91.0 Å². The summed E-state index contributed by atoms with van der Waals surface area (Å²) >= 11 is 1.87. The summed E-state index contributed by atoms with van der Waals surface area (Å²) < 4.78 is 2.68. The molecule has 8 rings (SSSR count). The van der Waals surface area contributed by atoms with Gasteiger partial charge in [-0.15, -0.1) is 11.3 Å². The van der Waals surface area contributed by atoms with Crippen LogP contribution in [0, 0.1) is 0 Å². The number of hydrogen-bond acceptors (Lipinski definition) is 1. The fraction of sp³-hybridized carbons (Fsp3) is 0. The Balaban J connectivity index is 0.00000253. The minimum atomic E-state index is 0. The fourth-order valence-corrected chi connectivity index (χ4v) is 6.73. The van der Waals surface area contributed by atoms with Crippen LogP contribution in [0.4, 0.5) is 0 Å². The van der Waals surface area contributed by atoms with Crippen LogP contribution in [-0.2, 0) is 0 Å². The number of aromatic amines is 1. The second-order valence-corrected chi connectivity index (χ2v) is 11.0. The predicted molar refractivity (Wildman–Crippen MR) is 167 cm³/mol. The van der Waals surface area contributed by atoms with Gasteiger partial charge in [-0.3, -0.25) is 0 Å². The lowest BCUT2D eigenvalue weighted by Gasteiger charge is -2.06. The standard InChI is InChI=1S/C36H23NS.H2/c1-2-6-23(7-3-1)24-10-12-25(13-11-24)26-14-17-33-30(20-26)31-21-27(15-18-34(31)37-33)28-16-19-36-32(22-28)29-8-4-5-9-35(29)38-36;/h1-22,37H;1H. The molecule has 0 saturated carbocycles. The maximum Gasteiger partial charge on any atom is 0.0465 e. The zero-order valence-electron chi connectivity index (χ0n) is 20.6. The Hall–Kier alpha value is -4.66. The summed E-state index contributed by atoms with van der Waals surface area (Å²) in [6.07, 6.45) is 0. The van der Waals surface area contributed by atoms with Crippen LogP contribution in [-0.4, -0.2) is 4.98 Å². The molecule has 1 N–H and O–H groups in total. The van der Waals surface area contributed by atoms with Crippen molar-refractivity contribution in [2.45, 2.75) is 0 Å². The van der Waals surface area contributed by atoms with Gasteiger partial charge in [-0.25, -0.2) is 0 Å². The highest BCUT2D eigenvalue weighted by molar-refractivity contribution is 7.25. The summed E-state index contributed by atoms with van der Waals surface area (Å²) in [5.74, 6) is 0. The molecule has 0 unspecified atom stereocenters. The zero-order chi connectivity index (χ0) is 25.1. The molecule has 0 aliphatic rings. The van der Waals surface area contributed by atoms with Gasteiger partial charge in [-0.05, 0) is 75.8 Å². The summed E-state index contributed by atoms with van der Waals surface area (Å²) in [5.41, 5.74) is 9.78. The van der Waals surface area contributed by atoms with Crippen molar-refractivity contribution in [2.24, 2.45) is 0 Å². The molecule has 180 valence electrons. The molecule has 0 saturated heterocycles. The topological polar surface area (TPSA) is 15.8 Å². The van der Waals surface area contributed by atoms with Crippen molar-refractivity contribution >= 4 is 53.3 Å². The van der Waals surface area contributed by atoms with Crippen LogP contribution >= 0.6 is 11.3 Å². The monoisotopic (exact) mass is 503 g/mol. The Morgan fingerprint density at radius 1 is 0.368 bits per heavy atom. The normalized spacial score (nSPS) is 11.7. The fourth-order valence-electron chi connectivity index (χ4n) is 5.65. The Bertz CT molecular complexity index is 2120. The van der Waals surface area contributed by atoms with Crippen molar-refractivity contribution in [2.75, 3.05) is 0 Å². The van der Waals surface area contributed by atoms with Gasteiger partial charge in [0.15, 0.2) is 0 Å². The summed E-state index contributed by atoms with van der Waals surface area (Å²) in [6.45, 7) is 0. The second-order valence-electron chi connectivity index (χ2n) is 9.90. The summed E-state index contributed by atoms with van der Waals surface area (Å²) in [5, 5.41) is 5.19. The average Bonchev–Trinajstić information content (AvgIpc) is 3.54. The molecular formula is C36H25NS. The minimum absolute atomic E-state index is 0.